The molecule has 0 aromatic heterocycles. The molecular weight excluding hydrogens is 378 g/mol. The fourth-order valence-electron chi connectivity index (χ4n) is 3.02. The molecule has 0 bridgehead atoms. The lowest BCUT2D eigenvalue weighted by molar-refractivity contribution is -0.885. The van der Waals surface area contributed by atoms with E-state index in [1.165, 1.54) is 0 Å². The van der Waals surface area contributed by atoms with Crippen LogP contribution in [0.3, 0.4) is 0 Å². The number of nitrogens with zero attached hydrogens (tertiary/aromatic N) is 2. The van der Waals surface area contributed by atoms with Crippen LogP contribution in [-0.2, 0) is 11.3 Å². The van der Waals surface area contributed by atoms with Gasteiger partial charge >= 0.3 is 0 Å². The van der Waals surface area contributed by atoms with Crippen LogP contribution in [0.25, 0.3) is 0 Å². The molecule has 1 unspecified atom stereocenters. The highest BCUT2D eigenvalue weighted by Crippen LogP contribution is 2.28. The predicted molar refractivity (Wildman–Crippen MR) is 109 cm³/mol. The number of carbonyl (C=O) groups excluding carboxylic acids is 1. The highest BCUT2D eigenvalue weighted by Gasteiger charge is 2.23. The Labute approximate surface area is 170 Å². The second-order valence-electron chi connectivity index (χ2n) is 6.39. The van der Waals surface area contributed by atoms with Crippen LogP contribution in [0.5, 0.6) is 11.5 Å². The minimum Gasteiger partial charge on any atom is -0.496 e. The van der Waals surface area contributed by atoms with Crippen LogP contribution in [0.4, 0.5) is 5.69 Å². The van der Waals surface area contributed by atoms with Crippen molar-refractivity contribution in [1.29, 1.82) is 5.26 Å². The third-order valence-corrected chi connectivity index (χ3v) is 4.55. The van der Waals surface area contributed by atoms with Crippen molar-refractivity contribution >= 4 is 23.2 Å². The lowest BCUT2D eigenvalue weighted by atomic mass is 10.2. The number of anilines is 1. The molecule has 0 radical (unpaired) electrons. The number of quaternary nitrogens is 1. The van der Waals surface area contributed by atoms with Crippen molar-refractivity contribution in [2.45, 2.75) is 13.0 Å². The highest BCUT2D eigenvalue weighted by atomic mass is 35.5. The Balaban J connectivity index is 2.17. The molecule has 28 heavy (non-hydrogen) atoms. The topological polar surface area (TPSA) is 67.0 Å². The van der Waals surface area contributed by atoms with Crippen molar-refractivity contribution in [3.05, 3.63) is 53.1 Å². The predicted octanol–water partition coefficient (Wildman–Crippen LogP) is 2.32. The summed E-state index contributed by atoms with van der Waals surface area (Å²) in [5.41, 5.74) is 1.60. The molecular formula is C21H25ClN3O3+. The molecule has 0 saturated carbocycles. The van der Waals surface area contributed by atoms with Gasteiger partial charge in [-0.3, -0.25) is 4.79 Å². The third kappa shape index (κ3) is 5.62. The van der Waals surface area contributed by atoms with E-state index in [2.05, 4.69) is 6.07 Å². The number of nitrogens with one attached hydrogen (secondary N) is 1. The average molecular weight is 403 g/mol. The smallest absolute Gasteiger partial charge is 0.282 e. The Morgan fingerprint density at radius 1 is 1.18 bits per heavy atom. The zero-order valence-corrected chi connectivity index (χ0v) is 17.1. The summed E-state index contributed by atoms with van der Waals surface area (Å²) in [5, 5.41) is 9.60. The van der Waals surface area contributed by atoms with E-state index < -0.39 is 0 Å². The van der Waals surface area contributed by atoms with Gasteiger partial charge in [0.15, 0.2) is 6.54 Å². The summed E-state index contributed by atoms with van der Waals surface area (Å²) < 4.78 is 10.8. The van der Waals surface area contributed by atoms with Gasteiger partial charge in [-0.15, -0.1) is 0 Å². The molecule has 1 atom stereocenters. The van der Waals surface area contributed by atoms with E-state index in [-0.39, 0.29) is 18.9 Å². The molecule has 0 spiro atoms. The van der Waals surface area contributed by atoms with Gasteiger partial charge in [-0.05, 0) is 30.3 Å². The summed E-state index contributed by atoms with van der Waals surface area (Å²) in [6.07, 6.45) is 0.241. The number of hydrogen-bond acceptors (Lipinski definition) is 4. The average Bonchev–Trinajstić information content (AvgIpc) is 2.68. The lowest BCUT2D eigenvalue weighted by Crippen LogP contribution is -3.09. The van der Waals surface area contributed by atoms with E-state index in [4.69, 9.17) is 26.3 Å². The van der Waals surface area contributed by atoms with Crippen LogP contribution in [-0.4, -0.2) is 40.3 Å². The molecule has 0 aliphatic heterocycles. The molecule has 0 aliphatic rings. The minimum absolute atomic E-state index is 0.0850. The normalized spacial score (nSPS) is 11.4. The van der Waals surface area contributed by atoms with E-state index in [0.717, 1.165) is 16.2 Å². The van der Waals surface area contributed by atoms with Crippen molar-refractivity contribution in [2.24, 2.45) is 0 Å². The summed E-state index contributed by atoms with van der Waals surface area (Å²) in [5.74, 6) is 1.25. The Morgan fingerprint density at radius 2 is 1.89 bits per heavy atom. The summed E-state index contributed by atoms with van der Waals surface area (Å²) in [6, 6.07) is 14.9. The largest absolute Gasteiger partial charge is 0.496 e. The van der Waals surface area contributed by atoms with Gasteiger partial charge in [0, 0.05) is 17.1 Å². The summed E-state index contributed by atoms with van der Waals surface area (Å²) in [6.45, 7) is 1.14. The molecule has 1 N–H and O–H groups in total. The SMILES string of the molecule is COc1ccc(Cl)cc1C[NH+](C)CC(=O)N(CCC#N)c1ccccc1OC. The van der Waals surface area contributed by atoms with Crippen LogP contribution < -0.4 is 19.3 Å². The van der Waals surface area contributed by atoms with Crippen LogP contribution >= 0.6 is 11.6 Å². The number of halogens is 1. The van der Waals surface area contributed by atoms with Crippen molar-refractivity contribution < 1.29 is 19.2 Å². The molecule has 0 fully saturated rings. The second-order valence-corrected chi connectivity index (χ2v) is 6.83. The maximum atomic E-state index is 13.0. The zero-order valence-electron chi connectivity index (χ0n) is 16.4. The van der Waals surface area contributed by atoms with Crippen molar-refractivity contribution in [1.82, 2.24) is 0 Å². The number of likely N-dealkylation sites (N-methyl/N-ethyl adjacent to an activating group) is 1. The standard InChI is InChI=1S/C21H24ClN3O3/c1-24(14-16-13-17(22)9-10-19(16)27-2)15-21(26)25(12-6-11-23)18-7-4-5-8-20(18)28-3/h4-5,7-10,13H,6,12,14-15H2,1-3H3/p+1. The maximum absolute atomic E-state index is 13.0. The fourth-order valence-corrected chi connectivity index (χ4v) is 3.22. The summed E-state index contributed by atoms with van der Waals surface area (Å²) in [4.78, 5) is 15.6. The van der Waals surface area contributed by atoms with Gasteiger partial charge in [0.25, 0.3) is 5.91 Å². The molecule has 7 heteroatoms. The van der Waals surface area contributed by atoms with Gasteiger partial charge in [0.1, 0.15) is 18.0 Å². The first-order chi connectivity index (χ1) is 13.5. The Hall–Kier alpha value is -2.75. The van der Waals surface area contributed by atoms with Gasteiger partial charge in [-0.25, -0.2) is 0 Å². The van der Waals surface area contributed by atoms with Crippen LogP contribution in [0, 0.1) is 11.3 Å². The Bertz CT molecular complexity index is 851. The Kier molecular flexibility index (Phi) is 8.12. The third-order valence-electron chi connectivity index (χ3n) is 4.31. The Morgan fingerprint density at radius 3 is 2.57 bits per heavy atom. The van der Waals surface area contributed by atoms with E-state index >= 15 is 0 Å². The molecule has 6 nitrogen and oxygen atoms in total. The van der Waals surface area contributed by atoms with Crippen molar-refractivity contribution in [3.8, 4) is 17.6 Å². The zero-order chi connectivity index (χ0) is 20.5. The summed E-state index contributed by atoms with van der Waals surface area (Å²) in [7, 11) is 5.11. The number of rotatable bonds is 9. The molecule has 148 valence electrons. The van der Waals surface area contributed by atoms with Crippen molar-refractivity contribution in [2.75, 3.05) is 39.3 Å². The van der Waals surface area contributed by atoms with E-state index in [1.54, 1.807) is 31.3 Å². The van der Waals surface area contributed by atoms with Crippen LogP contribution in [0.1, 0.15) is 12.0 Å². The monoisotopic (exact) mass is 402 g/mol. The van der Waals surface area contributed by atoms with Gasteiger partial charge < -0.3 is 19.3 Å². The van der Waals surface area contributed by atoms with E-state index in [9.17, 15) is 4.79 Å². The number of nitriles is 1. The number of benzene rings is 2. The fraction of sp³-hybridized carbons (Fsp3) is 0.333. The second kappa shape index (κ2) is 10.5. The first kappa shape index (κ1) is 21.5. The number of amides is 1. The molecule has 2 rings (SSSR count). The van der Waals surface area contributed by atoms with Gasteiger partial charge in [0.2, 0.25) is 0 Å². The number of methoxy groups -OCH3 is 2. The molecule has 0 saturated heterocycles. The lowest BCUT2D eigenvalue weighted by Gasteiger charge is -2.25. The molecule has 0 heterocycles. The summed E-state index contributed by atoms with van der Waals surface area (Å²) >= 11 is 6.10. The molecule has 1 amide bonds. The van der Waals surface area contributed by atoms with E-state index in [0.29, 0.717) is 29.5 Å². The van der Waals surface area contributed by atoms with Gasteiger partial charge in [-0.1, -0.05) is 23.7 Å². The van der Waals surface area contributed by atoms with E-state index in [1.807, 2.05) is 37.4 Å². The van der Waals surface area contributed by atoms with Crippen LogP contribution in [0.15, 0.2) is 42.5 Å². The maximum Gasteiger partial charge on any atom is 0.282 e. The quantitative estimate of drug-likeness (QED) is 0.699. The number of ether oxygens (including phenoxy) is 2. The molecule has 0 aliphatic carbocycles. The molecule has 2 aromatic rings. The van der Waals surface area contributed by atoms with Crippen LogP contribution in [0.2, 0.25) is 5.02 Å². The number of carbonyl (C=O) groups is 1. The van der Waals surface area contributed by atoms with Gasteiger partial charge in [-0.2, -0.15) is 5.26 Å². The minimum atomic E-state index is -0.0850. The number of hydrogen-bond donors (Lipinski definition) is 1. The first-order valence-electron chi connectivity index (χ1n) is 8.94. The van der Waals surface area contributed by atoms with Crippen molar-refractivity contribution in [3.63, 3.8) is 0 Å². The first-order valence-corrected chi connectivity index (χ1v) is 9.32. The number of para-hydroxylation sites is 2. The highest BCUT2D eigenvalue weighted by molar-refractivity contribution is 6.30. The van der Waals surface area contributed by atoms with Gasteiger partial charge in [0.05, 0.1) is 39.4 Å². The molecule has 2 aromatic carbocycles.